The van der Waals surface area contributed by atoms with Crippen LogP contribution in [0.3, 0.4) is 0 Å². The summed E-state index contributed by atoms with van der Waals surface area (Å²) in [6.45, 7) is 8.03. The summed E-state index contributed by atoms with van der Waals surface area (Å²) in [7, 11) is 0. The molecule has 2 atom stereocenters. The molecule has 0 aromatic heterocycles. The van der Waals surface area contributed by atoms with E-state index in [4.69, 9.17) is 11.0 Å². The van der Waals surface area contributed by atoms with Gasteiger partial charge in [0.1, 0.15) is 0 Å². The van der Waals surface area contributed by atoms with Crippen molar-refractivity contribution in [1.29, 1.82) is 5.26 Å². The molecule has 1 rings (SSSR count). The number of piperazine rings is 1. The highest BCUT2D eigenvalue weighted by molar-refractivity contribution is 5.82. The molecule has 1 aliphatic rings. The first kappa shape index (κ1) is 14.9. The van der Waals surface area contributed by atoms with Crippen molar-refractivity contribution in [2.75, 3.05) is 32.7 Å². The molecule has 18 heavy (non-hydrogen) atoms. The van der Waals surface area contributed by atoms with E-state index in [9.17, 15) is 4.79 Å². The third-order valence-electron chi connectivity index (χ3n) is 3.77. The van der Waals surface area contributed by atoms with Gasteiger partial charge in [0.15, 0.2) is 0 Å². The van der Waals surface area contributed by atoms with Crippen LogP contribution < -0.4 is 5.73 Å². The van der Waals surface area contributed by atoms with E-state index in [2.05, 4.69) is 17.9 Å². The van der Waals surface area contributed by atoms with E-state index in [1.54, 1.807) is 0 Å². The molecule has 2 N–H and O–H groups in total. The Morgan fingerprint density at radius 2 is 2.00 bits per heavy atom. The van der Waals surface area contributed by atoms with Crippen LogP contribution >= 0.6 is 0 Å². The number of rotatable bonds is 5. The number of hydrogen-bond acceptors (Lipinski definition) is 4. The van der Waals surface area contributed by atoms with Crippen molar-refractivity contribution < 1.29 is 4.79 Å². The summed E-state index contributed by atoms with van der Waals surface area (Å²) in [5.74, 6) is 0.304. The van der Waals surface area contributed by atoms with Crippen LogP contribution in [-0.4, -0.2) is 54.5 Å². The van der Waals surface area contributed by atoms with E-state index < -0.39 is 0 Å². The first-order valence-electron chi connectivity index (χ1n) is 6.73. The van der Waals surface area contributed by atoms with Crippen molar-refractivity contribution in [1.82, 2.24) is 9.80 Å². The third kappa shape index (κ3) is 3.97. The SMILES string of the molecule is CC[C@H](C)[C@H](N)C(=O)N1CCN(CCC#N)CC1. The quantitative estimate of drug-likeness (QED) is 0.769. The van der Waals surface area contributed by atoms with Crippen LogP contribution in [0.15, 0.2) is 0 Å². The van der Waals surface area contributed by atoms with Crippen LogP contribution in [0.25, 0.3) is 0 Å². The summed E-state index contributed by atoms with van der Waals surface area (Å²) in [6.07, 6.45) is 1.48. The Kier molecular flexibility index (Phi) is 6.10. The lowest BCUT2D eigenvalue weighted by Crippen LogP contribution is -2.54. The number of nitrogens with two attached hydrogens (primary N) is 1. The van der Waals surface area contributed by atoms with Gasteiger partial charge in [-0.1, -0.05) is 20.3 Å². The molecule has 102 valence electrons. The molecule has 0 aromatic rings. The Bertz CT molecular complexity index is 305. The van der Waals surface area contributed by atoms with Crippen LogP contribution in [0.2, 0.25) is 0 Å². The Balaban J connectivity index is 2.38. The smallest absolute Gasteiger partial charge is 0.239 e. The lowest BCUT2D eigenvalue weighted by Gasteiger charge is -2.36. The minimum absolute atomic E-state index is 0.0734. The number of nitrogens with zero attached hydrogens (tertiary/aromatic N) is 3. The molecule has 5 heteroatoms. The van der Waals surface area contributed by atoms with Crippen molar-refractivity contribution in [2.45, 2.75) is 32.7 Å². The standard InChI is InChI=1S/C13H24N4O/c1-3-11(2)12(15)13(18)17-9-7-16(8-10-17)6-4-5-14/h11-12H,3-4,6-10,15H2,1-2H3/t11-,12-/m0/s1. The maximum absolute atomic E-state index is 12.1. The first-order chi connectivity index (χ1) is 8.60. The van der Waals surface area contributed by atoms with Crippen LogP contribution in [-0.2, 0) is 4.79 Å². The van der Waals surface area contributed by atoms with Gasteiger partial charge in [0, 0.05) is 39.1 Å². The van der Waals surface area contributed by atoms with Gasteiger partial charge in [0.05, 0.1) is 12.1 Å². The van der Waals surface area contributed by atoms with E-state index in [0.29, 0.717) is 6.42 Å². The number of carbonyl (C=O) groups excluding carboxylic acids is 1. The molecule has 0 spiro atoms. The van der Waals surface area contributed by atoms with Crippen molar-refractivity contribution in [3.63, 3.8) is 0 Å². The Labute approximate surface area is 110 Å². The van der Waals surface area contributed by atoms with Crippen molar-refractivity contribution in [3.05, 3.63) is 0 Å². The average molecular weight is 252 g/mol. The van der Waals surface area contributed by atoms with E-state index in [-0.39, 0.29) is 17.9 Å². The second-order valence-corrected chi connectivity index (χ2v) is 4.99. The fraction of sp³-hybridized carbons (Fsp3) is 0.846. The van der Waals surface area contributed by atoms with Gasteiger partial charge in [-0.2, -0.15) is 5.26 Å². The number of hydrogen-bond donors (Lipinski definition) is 1. The second-order valence-electron chi connectivity index (χ2n) is 4.99. The summed E-state index contributed by atoms with van der Waals surface area (Å²) in [4.78, 5) is 16.2. The van der Waals surface area contributed by atoms with Crippen LogP contribution in [0, 0.1) is 17.2 Å². The van der Waals surface area contributed by atoms with Crippen molar-refractivity contribution in [2.24, 2.45) is 11.7 Å². The molecule has 0 unspecified atom stereocenters. The summed E-state index contributed by atoms with van der Waals surface area (Å²) in [5.41, 5.74) is 5.97. The molecule has 1 saturated heterocycles. The number of nitriles is 1. The van der Waals surface area contributed by atoms with Gasteiger partial charge >= 0.3 is 0 Å². The van der Waals surface area contributed by atoms with Gasteiger partial charge in [0.25, 0.3) is 0 Å². The molecule has 0 aliphatic carbocycles. The highest BCUT2D eigenvalue weighted by atomic mass is 16.2. The second kappa shape index (κ2) is 7.34. The van der Waals surface area contributed by atoms with Gasteiger partial charge in [-0.3, -0.25) is 9.69 Å². The average Bonchev–Trinajstić information content (AvgIpc) is 2.43. The lowest BCUT2D eigenvalue weighted by atomic mass is 9.98. The number of amides is 1. The molecule has 0 aromatic carbocycles. The van der Waals surface area contributed by atoms with Crippen molar-refractivity contribution in [3.8, 4) is 6.07 Å². The summed E-state index contributed by atoms with van der Waals surface area (Å²) < 4.78 is 0. The molecule has 1 fully saturated rings. The molecule has 1 amide bonds. The maximum Gasteiger partial charge on any atom is 0.239 e. The third-order valence-corrected chi connectivity index (χ3v) is 3.77. The van der Waals surface area contributed by atoms with Gasteiger partial charge in [0.2, 0.25) is 5.91 Å². The zero-order valence-corrected chi connectivity index (χ0v) is 11.4. The molecule has 0 saturated carbocycles. The first-order valence-corrected chi connectivity index (χ1v) is 6.73. The highest BCUT2D eigenvalue weighted by Crippen LogP contribution is 2.10. The molecule has 0 radical (unpaired) electrons. The van der Waals surface area contributed by atoms with Gasteiger partial charge in [-0.25, -0.2) is 0 Å². The fourth-order valence-corrected chi connectivity index (χ4v) is 2.11. The van der Waals surface area contributed by atoms with Gasteiger partial charge in [-0.05, 0) is 5.92 Å². The molecule has 1 heterocycles. The molecular weight excluding hydrogens is 228 g/mol. The topological polar surface area (TPSA) is 73.4 Å². The van der Waals surface area contributed by atoms with E-state index >= 15 is 0 Å². The zero-order chi connectivity index (χ0) is 13.5. The predicted octanol–water partition coefficient (Wildman–Crippen LogP) is 0.418. The van der Waals surface area contributed by atoms with E-state index in [1.807, 2.05) is 11.8 Å². The summed E-state index contributed by atoms with van der Waals surface area (Å²) >= 11 is 0. The zero-order valence-electron chi connectivity index (χ0n) is 11.4. The van der Waals surface area contributed by atoms with E-state index in [1.165, 1.54) is 0 Å². The van der Waals surface area contributed by atoms with Crippen LogP contribution in [0.5, 0.6) is 0 Å². The molecule has 5 nitrogen and oxygen atoms in total. The van der Waals surface area contributed by atoms with Crippen LogP contribution in [0.4, 0.5) is 0 Å². The number of carbonyl (C=O) groups is 1. The van der Waals surface area contributed by atoms with Gasteiger partial charge in [-0.15, -0.1) is 0 Å². The van der Waals surface area contributed by atoms with Crippen molar-refractivity contribution >= 4 is 5.91 Å². The molecule has 1 aliphatic heterocycles. The normalized spacial score (nSPS) is 20.2. The lowest BCUT2D eigenvalue weighted by molar-refractivity contribution is -0.135. The highest BCUT2D eigenvalue weighted by Gasteiger charge is 2.27. The fourth-order valence-electron chi connectivity index (χ4n) is 2.11. The largest absolute Gasteiger partial charge is 0.339 e. The molecular formula is C13H24N4O. The Morgan fingerprint density at radius 3 is 2.50 bits per heavy atom. The van der Waals surface area contributed by atoms with E-state index in [0.717, 1.165) is 39.1 Å². The Hall–Kier alpha value is -1.12. The summed E-state index contributed by atoms with van der Waals surface area (Å²) in [6, 6.07) is 1.77. The Morgan fingerprint density at radius 1 is 1.39 bits per heavy atom. The van der Waals surface area contributed by atoms with Gasteiger partial charge < -0.3 is 10.6 Å². The predicted molar refractivity (Wildman–Crippen MR) is 70.7 cm³/mol. The monoisotopic (exact) mass is 252 g/mol. The van der Waals surface area contributed by atoms with Crippen LogP contribution in [0.1, 0.15) is 26.7 Å². The minimum Gasteiger partial charge on any atom is -0.339 e. The molecule has 0 bridgehead atoms. The summed E-state index contributed by atoms with van der Waals surface area (Å²) in [5, 5.41) is 8.54. The minimum atomic E-state index is -0.374. The maximum atomic E-state index is 12.1.